The molecule has 0 aliphatic heterocycles. The zero-order chi connectivity index (χ0) is 21.3. The van der Waals surface area contributed by atoms with E-state index in [1.165, 1.54) is 16.8 Å². The van der Waals surface area contributed by atoms with Crippen LogP contribution >= 0.6 is 0 Å². The molecule has 4 aromatic rings. The average molecular weight is 422 g/mol. The fourth-order valence-corrected chi connectivity index (χ4v) is 3.98. The van der Waals surface area contributed by atoms with Gasteiger partial charge >= 0.3 is 10.1 Å². The third-order valence-electron chi connectivity index (χ3n) is 4.85. The smallest absolute Gasteiger partial charge is 0.340 e. The number of halogens is 1. The highest BCUT2D eigenvalue weighted by molar-refractivity contribution is 7.87. The predicted octanol–water partition coefficient (Wildman–Crippen LogP) is 5.06. The molecule has 1 heterocycles. The first-order valence-electron chi connectivity index (χ1n) is 9.27. The van der Waals surface area contributed by atoms with E-state index in [1.54, 1.807) is 6.07 Å². The van der Waals surface area contributed by atoms with Crippen molar-refractivity contribution in [3.05, 3.63) is 95.8 Å². The van der Waals surface area contributed by atoms with Crippen LogP contribution in [0.4, 0.5) is 4.39 Å². The van der Waals surface area contributed by atoms with Gasteiger partial charge in [0, 0.05) is 11.6 Å². The van der Waals surface area contributed by atoms with Crippen LogP contribution < -0.4 is 4.18 Å². The van der Waals surface area contributed by atoms with Gasteiger partial charge in [-0.1, -0.05) is 42.5 Å². The van der Waals surface area contributed by atoms with Crippen LogP contribution in [0.1, 0.15) is 11.1 Å². The second kappa shape index (κ2) is 7.76. The zero-order valence-electron chi connectivity index (χ0n) is 16.4. The molecular weight excluding hydrogens is 403 g/mol. The van der Waals surface area contributed by atoms with Gasteiger partial charge in [0.15, 0.2) is 0 Å². The first-order chi connectivity index (χ1) is 14.3. The van der Waals surface area contributed by atoms with E-state index in [2.05, 4.69) is 5.10 Å². The molecule has 0 bridgehead atoms. The number of hydrogen-bond acceptors (Lipinski definition) is 4. The highest BCUT2D eigenvalue weighted by Gasteiger charge is 2.22. The predicted molar refractivity (Wildman–Crippen MR) is 113 cm³/mol. The number of aryl methyl sites for hydroxylation is 1. The molecule has 5 nitrogen and oxygen atoms in total. The summed E-state index contributed by atoms with van der Waals surface area (Å²) >= 11 is 0. The van der Waals surface area contributed by atoms with E-state index in [1.807, 2.05) is 62.4 Å². The van der Waals surface area contributed by atoms with E-state index < -0.39 is 15.9 Å². The molecule has 4 rings (SSSR count). The lowest BCUT2D eigenvalue weighted by atomic mass is 10.1. The molecule has 3 aromatic carbocycles. The minimum atomic E-state index is -4.18. The van der Waals surface area contributed by atoms with E-state index in [-0.39, 0.29) is 10.8 Å². The number of nitrogens with zero attached hydrogens (tertiary/aromatic N) is 2. The lowest BCUT2D eigenvalue weighted by molar-refractivity contribution is 0.464. The van der Waals surface area contributed by atoms with Crippen molar-refractivity contribution in [3.63, 3.8) is 0 Å². The molecule has 0 radical (unpaired) electrons. The van der Waals surface area contributed by atoms with Crippen molar-refractivity contribution in [1.29, 1.82) is 0 Å². The van der Waals surface area contributed by atoms with Crippen molar-refractivity contribution in [1.82, 2.24) is 9.78 Å². The molecule has 0 saturated carbocycles. The molecule has 1 aromatic heterocycles. The molecule has 0 atom stereocenters. The van der Waals surface area contributed by atoms with E-state index >= 15 is 0 Å². The number of aromatic nitrogens is 2. The van der Waals surface area contributed by atoms with Gasteiger partial charge in [-0.25, -0.2) is 4.39 Å². The maximum absolute atomic E-state index is 13.2. The molecule has 0 aliphatic carbocycles. The van der Waals surface area contributed by atoms with Gasteiger partial charge < -0.3 is 4.18 Å². The van der Waals surface area contributed by atoms with E-state index in [0.29, 0.717) is 11.4 Å². The normalized spacial score (nSPS) is 11.4. The summed E-state index contributed by atoms with van der Waals surface area (Å²) in [5, 5.41) is 4.61. The lowest BCUT2D eigenvalue weighted by Gasteiger charge is -2.12. The van der Waals surface area contributed by atoms with Crippen LogP contribution in [0.25, 0.3) is 16.9 Å². The van der Waals surface area contributed by atoms with Crippen molar-refractivity contribution in [2.75, 3.05) is 0 Å². The summed E-state index contributed by atoms with van der Waals surface area (Å²) in [5.74, 6) is -0.479. The van der Waals surface area contributed by atoms with Gasteiger partial charge in [-0.3, -0.25) is 0 Å². The molecule has 0 saturated heterocycles. The Kier molecular flexibility index (Phi) is 5.13. The molecule has 0 unspecified atom stereocenters. The van der Waals surface area contributed by atoms with Crippen LogP contribution in [0.3, 0.4) is 0 Å². The zero-order valence-corrected chi connectivity index (χ0v) is 17.2. The Morgan fingerprint density at radius 3 is 2.30 bits per heavy atom. The Morgan fingerprint density at radius 1 is 0.900 bits per heavy atom. The van der Waals surface area contributed by atoms with Gasteiger partial charge in [-0.15, -0.1) is 0 Å². The summed E-state index contributed by atoms with van der Waals surface area (Å²) in [6.45, 7) is 3.91. The van der Waals surface area contributed by atoms with Crippen molar-refractivity contribution in [2.45, 2.75) is 18.7 Å². The first-order valence-corrected chi connectivity index (χ1v) is 10.7. The van der Waals surface area contributed by atoms with E-state index in [0.717, 1.165) is 28.8 Å². The minimum absolute atomic E-state index is 0.0480. The third kappa shape index (κ3) is 3.84. The Bertz CT molecular complexity index is 1300. The van der Waals surface area contributed by atoms with Crippen molar-refractivity contribution in [2.24, 2.45) is 0 Å². The summed E-state index contributed by atoms with van der Waals surface area (Å²) in [6.07, 6.45) is 0. The van der Waals surface area contributed by atoms with Gasteiger partial charge in [-0.2, -0.15) is 18.2 Å². The molecule has 7 heteroatoms. The standard InChI is InChI=1S/C23H19FN2O3S/c1-16-7-6-10-22(17(16)2)26-23(15-21(25-26)18-8-4-3-5-9-18)29-30(27,28)20-13-11-19(24)12-14-20/h3-15H,1-2H3. The van der Waals surface area contributed by atoms with E-state index in [9.17, 15) is 12.8 Å². The maximum Gasteiger partial charge on any atom is 0.340 e. The van der Waals surface area contributed by atoms with Gasteiger partial charge in [0.25, 0.3) is 0 Å². The summed E-state index contributed by atoms with van der Waals surface area (Å²) < 4.78 is 45.8. The quantitative estimate of drug-likeness (QED) is 0.422. The highest BCUT2D eigenvalue weighted by Crippen LogP contribution is 2.30. The second-order valence-corrected chi connectivity index (χ2v) is 8.40. The minimum Gasteiger partial charge on any atom is -0.358 e. The molecule has 30 heavy (non-hydrogen) atoms. The maximum atomic E-state index is 13.2. The lowest BCUT2D eigenvalue weighted by Crippen LogP contribution is -2.13. The first kappa shape index (κ1) is 19.8. The van der Waals surface area contributed by atoms with E-state index in [4.69, 9.17) is 4.18 Å². The molecule has 152 valence electrons. The van der Waals surface area contributed by atoms with Crippen LogP contribution in [0.5, 0.6) is 5.88 Å². The number of hydrogen-bond donors (Lipinski definition) is 0. The van der Waals surface area contributed by atoms with Crippen LogP contribution in [0.2, 0.25) is 0 Å². The molecular formula is C23H19FN2O3S. The highest BCUT2D eigenvalue weighted by atomic mass is 32.2. The Hall–Kier alpha value is -3.45. The second-order valence-electron chi connectivity index (χ2n) is 6.86. The number of benzene rings is 3. The molecule has 0 amide bonds. The molecule has 0 spiro atoms. The molecule has 0 fully saturated rings. The fourth-order valence-electron chi connectivity index (χ4n) is 3.07. The summed E-state index contributed by atoms with van der Waals surface area (Å²) in [7, 11) is -4.18. The van der Waals surface area contributed by atoms with Crippen LogP contribution in [-0.4, -0.2) is 18.2 Å². The molecule has 0 N–H and O–H groups in total. The van der Waals surface area contributed by atoms with Crippen molar-refractivity contribution < 1.29 is 17.0 Å². The Labute approximate surface area is 174 Å². The average Bonchev–Trinajstić information content (AvgIpc) is 3.14. The van der Waals surface area contributed by atoms with Gasteiger partial charge in [0.1, 0.15) is 10.7 Å². The fraction of sp³-hybridized carbons (Fsp3) is 0.0870. The SMILES string of the molecule is Cc1cccc(-n2nc(-c3ccccc3)cc2OS(=O)(=O)c2ccc(F)cc2)c1C. The summed E-state index contributed by atoms with van der Waals surface area (Å²) in [5.41, 5.74) is 4.09. The number of rotatable bonds is 5. The van der Waals surface area contributed by atoms with Crippen LogP contribution in [-0.2, 0) is 10.1 Å². The van der Waals surface area contributed by atoms with Crippen molar-refractivity contribution >= 4 is 10.1 Å². The Morgan fingerprint density at radius 2 is 1.60 bits per heavy atom. The Balaban J connectivity index is 1.84. The van der Waals surface area contributed by atoms with Gasteiger partial charge in [0.05, 0.1) is 11.4 Å². The summed E-state index contributed by atoms with van der Waals surface area (Å²) in [4.78, 5) is -0.140. The van der Waals surface area contributed by atoms with Crippen molar-refractivity contribution in [3.8, 4) is 22.8 Å². The summed E-state index contributed by atoms with van der Waals surface area (Å²) in [6, 6.07) is 21.2. The topological polar surface area (TPSA) is 61.2 Å². The van der Waals surface area contributed by atoms with Gasteiger partial charge in [0.2, 0.25) is 5.88 Å². The van der Waals surface area contributed by atoms with Crippen LogP contribution in [0.15, 0.2) is 83.8 Å². The largest absolute Gasteiger partial charge is 0.358 e. The van der Waals surface area contributed by atoms with Gasteiger partial charge in [-0.05, 0) is 55.3 Å². The van der Waals surface area contributed by atoms with Crippen LogP contribution in [0, 0.1) is 19.7 Å². The third-order valence-corrected chi connectivity index (χ3v) is 6.09. The monoisotopic (exact) mass is 422 g/mol. The molecule has 0 aliphatic rings.